The van der Waals surface area contributed by atoms with Gasteiger partial charge in [-0.2, -0.15) is 0 Å². The number of aromatic amines is 1. The number of methoxy groups -OCH3 is 1. The minimum absolute atomic E-state index is 0.0905. The Morgan fingerprint density at radius 3 is 2.44 bits per heavy atom. The number of aromatic nitrogens is 1. The lowest BCUT2D eigenvalue weighted by molar-refractivity contribution is -0.186. The minimum Gasteiger partial charge on any atom is -0.496 e. The standard InChI is InChI=1S/C30H33F4N3O2/c1-18-11-25(39-2)23(22-7-9-35-26(18)22)15-37-10-8-28(16-30(33,34)17-28)14-24(37)19-3-5-20(6-4-19)27(38)36-21-12-29(31,32)13-21/h3-7,9,11,21,24,35H,8,10,12-17H2,1-2H3,(H,36,38). The summed E-state index contributed by atoms with van der Waals surface area (Å²) in [7, 11) is 1.66. The van der Waals surface area contributed by atoms with Crippen LogP contribution in [0.15, 0.2) is 42.6 Å². The third kappa shape index (κ3) is 4.90. The molecule has 1 saturated heterocycles. The van der Waals surface area contributed by atoms with Crippen LogP contribution < -0.4 is 10.1 Å². The van der Waals surface area contributed by atoms with Crippen molar-refractivity contribution in [2.75, 3.05) is 13.7 Å². The van der Waals surface area contributed by atoms with Crippen molar-refractivity contribution in [3.8, 4) is 5.75 Å². The van der Waals surface area contributed by atoms with Crippen molar-refractivity contribution in [2.45, 2.75) is 75.9 Å². The molecule has 2 aliphatic carbocycles. The van der Waals surface area contributed by atoms with Crippen molar-refractivity contribution in [1.29, 1.82) is 0 Å². The molecular weight excluding hydrogens is 510 g/mol. The average molecular weight is 544 g/mol. The van der Waals surface area contributed by atoms with Crippen LogP contribution in [-0.4, -0.2) is 47.3 Å². The molecule has 6 rings (SSSR count). The second kappa shape index (κ2) is 9.25. The predicted octanol–water partition coefficient (Wildman–Crippen LogP) is 6.77. The van der Waals surface area contributed by atoms with Gasteiger partial charge in [-0.3, -0.25) is 9.69 Å². The molecular formula is C30H33F4N3O2. The van der Waals surface area contributed by atoms with Gasteiger partial charge in [0.05, 0.1) is 7.11 Å². The summed E-state index contributed by atoms with van der Waals surface area (Å²) in [5.74, 6) is -4.89. The van der Waals surface area contributed by atoms with Gasteiger partial charge >= 0.3 is 0 Å². The highest BCUT2D eigenvalue weighted by atomic mass is 19.3. The number of alkyl halides is 4. The Balaban J connectivity index is 1.26. The first kappa shape index (κ1) is 26.2. The molecule has 3 aromatic rings. The Bertz CT molecular complexity index is 1390. The summed E-state index contributed by atoms with van der Waals surface area (Å²) in [4.78, 5) is 18.2. The molecule has 1 spiro atoms. The highest BCUT2D eigenvalue weighted by molar-refractivity contribution is 5.94. The maximum absolute atomic E-state index is 14.0. The summed E-state index contributed by atoms with van der Waals surface area (Å²) in [6.45, 7) is 3.29. The van der Waals surface area contributed by atoms with Gasteiger partial charge < -0.3 is 15.0 Å². The van der Waals surface area contributed by atoms with Crippen molar-refractivity contribution in [3.05, 3.63) is 64.8 Å². The number of H-pyrrole nitrogens is 1. The molecule has 0 bridgehead atoms. The van der Waals surface area contributed by atoms with Gasteiger partial charge in [0.15, 0.2) is 0 Å². The predicted molar refractivity (Wildman–Crippen MR) is 140 cm³/mol. The molecule has 3 aliphatic rings. The van der Waals surface area contributed by atoms with Crippen LogP contribution >= 0.6 is 0 Å². The lowest BCUT2D eigenvalue weighted by atomic mass is 9.59. The number of aryl methyl sites for hydroxylation is 1. The number of nitrogens with one attached hydrogen (secondary N) is 2. The molecule has 9 heteroatoms. The first-order valence-corrected chi connectivity index (χ1v) is 13.5. The van der Waals surface area contributed by atoms with E-state index < -0.39 is 23.3 Å². The van der Waals surface area contributed by atoms with Gasteiger partial charge in [0.1, 0.15) is 5.75 Å². The van der Waals surface area contributed by atoms with Crippen LogP contribution in [0.25, 0.3) is 10.9 Å². The number of ether oxygens (including phenoxy) is 1. The maximum Gasteiger partial charge on any atom is 0.252 e. The molecule has 2 N–H and O–H groups in total. The smallest absolute Gasteiger partial charge is 0.252 e. The van der Waals surface area contributed by atoms with Gasteiger partial charge in [-0.15, -0.1) is 0 Å². The molecule has 3 fully saturated rings. The lowest BCUT2D eigenvalue weighted by Crippen LogP contribution is -2.53. The average Bonchev–Trinajstić information content (AvgIpc) is 3.35. The van der Waals surface area contributed by atoms with Gasteiger partial charge in [0.2, 0.25) is 5.92 Å². The second-order valence-electron chi connectivity index (χ2n) is 11.8. The number of amides is 1. The van der Waals surface area contributed by atoms with Crippen LogP contribution in [0.3, 0.4) is 0 Å². The number of rotatable bonds is 6. The van der Waals surface area contributed by atoms with Gasteiger partial charge in [-0.05, 0) is 67.1 Å². The summed E-state index contributed by atoms with van der Waals surface area (Å²) >= 11 is 0. The molecule has 208 valence electrons. The highest BCUT2D eigenvalue weighted by Gasteiger charge is 2.58. The van der Waals surface area contributed by atoms with E-state index in [0.717, 1.165) is 33.3 Å². The molecule has 2 heterocycles. The highest BCUT2D eigenvalue weighted by Crippen LogP contribution is 2.60. The Labute approximate surface area is 224 Å². The largest absolute Gasteiger partial charge is 0.496 e. The van der Waals surface area contributed by atoms with Crippen LogP contribution in [-0.2, 0) is 6.54 Å². The number of fused-ring (bicyclic) bond motifs is 1. The topological polar surface area (TPSA) is 57.4 Å². The maximum atomic E-state index is 14.0. The van der Waals surface area contributed by atoms with Crippen molar-refractivity contribution >= 4 is 16.8 Å². The summed E-state index contributed by atoms with van der Waals surface area (Å²) < 4.78 is 60.1. The van der Waals surface area contributed by atoms with Crippen LogP contribution in [0.2, 0.25) is 0 Å². The zero-order valence-electron chi connectivity index (χ0n) is 22.1. The van der Waals surface area contributed by atoms with Gasteiger partial charge in [-0.25, -0.2) is 17.6 Å². The van der Waals surface area contributed by atoms with E-state index >= 15 is 0 Å². The third-order valence-corrected chi connectivity index (χ3v) is 8.94. The fourth-order valence-electron chi connectivity index (χ4n) is 6.94. The second-order valence-corrected chi connectivity index (χ2v) is 11.8. The van der Waals surface area contributed by atoms with Crippen molar-refractivity contribution in [1.82, 2.24) is 15.2 Å². The molecule has 1 amide bonds. The van der Waals surface area contributed by atoms with E-state index in [1.54, 1.807) is 19.2 Å². The van der Waals surface area contributed by atoms with E-state index in [9.17, 15) is 22.4 Å². The number of likely N-dealkylation sites (tertiary alicyclic amines) is 1. The van der Waals surface area contributed by atoms with Crippen molar-refractivity contribution in [2.24, 2.45) is 5.41 Å². The molecule has 39 heavy (non-hydrogen) atoms. The number of nitrogens with zero attached hydrogens (tertiary/aromatic N) is 1. The summed E-state index contributed by atoms with van der Waals surface area (Å²) in [5.41, 5.74) is 4.14. The zero-order valence-corrected chi connectivity index (χ0v) is 22.1. The fourth-order valence-corrected chi connectivity index (χ4v) is 6.94. The van der Waals surface area contributed by atoms with Crippen LogP contribution in [0.5, 0.6) is 5.75 Å². The number of hydrogen-bond donors (Lipinski definition) is 2. The van der Waals surface area contributed by atoms with Crippen LogP contribution in [0.4, 0.5) is 17.6 Å². The van der Waals surface area contributed by atoms with Crippen molar-refractivity contribution in [3.63, 3.8) is 0 Å². The zero-order chi connectivity index (χ0) is 27.6. The van der Waals surface area contributed by atoms with Gasteiger partial charge in [0, 0.05) is 72.5 Å². The number of carbonyl (C=O) groups is 1. The van der Waals surface area contributed by atoms with E-state index in [0.29, 0.717) is 31.5 Å². The number of hydrogen-bond acceptors (Lipinski definition) is 3. The number of benzene rings is 2. The Kier molecular flexibility index (Phi) is 6.21. The molecule has 5 nitrogen and oxygen atoms in total. The van der Waals surface area contributed by atoms with Crippen molar-refractivity contribution < 1.29 is 27.1 Å². The molecule has 1 aromatic heterocycles. The van der Waals surface area contributed by atoms with E-state index in [4.69, 9.17) is 4.74 Å². The summed E-state index contributed by atoms with van der Waals surface area (Å²) in [6.07, 6.45) is 2.37. The monoisotopic (exact) mass is 543 g/mol. The van der Waals surface area contributed by atoms with E-state index in [1.165, 1.54) is 0 Å². The fraction of sp³-hybridized carbons (Fsp3) is 0.500. The van der Waals surface area contributed by atoms with Crippen LogP contribution in [0.1, 0.15) is 71.6 Å². The normalized spacial score (nSPS) is 23.8. The minimum atomic E-state index is -2.70. The SMILES string of the molecule is COc1cc(C)c2[nH]ccc2c1CN1CCC2(CC1c1ccc(C(=O)NC3CC(F)(F)C3)cc1)CC(F)(F)C2. The van der Waals surface area contributed by atoms with E-state index in [1.807, 2.05) is 37.4 Å². The Morgan fingerprint density at radius 1 is 1.08 bits per heavy atom. The first-order valence-electron chi connectivity index (χ1n) is 13.5. The number of carbonyl (C=O) groups excluding carboxylic acids is 1. The number of piperidine rings is 1. The lowest BCUT2D eigenvalue weighted by Gasteiger charge is -2.54. The first-order chi connectivity index (χ1) is 18.5. The molecule has 2 saturated carbocycles. The third-order valence-electron chi connectivity index (χ3n) is 8.94. The molecule has 1 aliphatic heterocycles. The molecule has 2 aromatic carbocycles. The summed E-state index contributed by atoms with van der Waals surface area (Å²) in [6, 6.07) is 10.6. The molecule has 1 atom stereocenters. The molecule has 1 unspecified atom stereocenters. The molecule has 0 radical (unpaired) electrons. The summed E-state index contributed by atoms with van der Waals surface area (Å²) in [5, 5.41) is 3.75. The Morgan fingerprint density at radius 2 is 1.79 bits per heavy atom. The van der Waals surface area contributed by atoms with E-state index in [-0.39, 0.29) is 37.6 Å². The quantitative estimate of drug-likeness (QED) is 0.338. The van der Waals surface area contributed by atoms with Crippen LogP contribution in [0, 0.1) is 12.3 Å². The van der Waals surface area contributed by atoms with Gasteiger partial charge in [0.25, 0.3) is 11.8 Å². The number of halogens is 4. The van der Waals surface area contributed by atoms with Gasteiger partial charge in [-0.1, -0.05) is 12.1 Å². The van der Waals surface area contributed by atoms with E-state index in [2.05, 4.69) is 15.2 Å². The Hall–Kier alpha value is -3.07.